The molecule has 0 aromatic carbocycles. The predicted molar refractivity (Wildman–Crippen MR) is 84.7 cm³/mol. The van der Waals surface area contributed by atoms with Gasteiger partial charge in [-0.2, -0.15) is 0 Å². The second kappa shape index (κ2) is 8.51. The van der Waals surface area contributed by atoms with Gasteiger partial charge in [-0.05, 0) is 49.8 Å². The third kappa shape index (κ3) is 4.37. The van der Waals surface area contributed by atoms with E-state index < -0.39 is 0 Å². The quantitative estimate of drug-likeness (QED) is 0.696. The molecule has 1 aliphatic rings. The molecule has 114 valence electrons. The minimum atomic E-state index is 0.428. The largest absolute Gasteiger partial charge is 0.468 e. The lowest BCUT2D eigenvalue weighted by Crippen LogP contribution is -2.31. The van der Waals surface area contributed by atoms with Crippen molar-refractivity contribution in [2.45, 2.75) is 71.3 Å². The maximum atomic E-state index is 5.68. The lowest BCUT2D eigenvalue weighted by atomic mass is 9.76. The van der Waals surface area contributed by atoms with Gasteiger partial charge in [-0.1, -0.05) is 46.0 Å². The number of nitrogens with one attached hydrogen (secondary N) is 1. The smallest absolute Gasteiger partial charge is 0.120 e. The van der Waals surface area contributed by atoms with E-state index >= 15 is 0 Å². The van der Waals surface area contributed by atoms with Crippen LogP contribution in [0.5, 0.6) is 0 Å². The molecule has 2 nitrogen and oxygen atoms in total. The van der Waals surface area contributed by atoms with Gasteiger partial charge in [0.25, 0.3) is 0 Å². The van der Waals surface area contributed by atoms with E-state index in [1.165, 1.54) is 51.4 Å². The molecule has 2 rings (SSSR count). The van der Waals surface area contributed by atoms with Gasteiger partial charge < -0.3 is 9.73 Å². The van der Waals surface area contributed by atoms with Gasteiger partial charge in [-0.3, -0.25) is 0 Å². The minimum absolute atomic E-state index is 0.428. The summed E-state index contributed by atoms with van der Waals surface area (Å²) in [6.07, 6.45) is 12.7. The average molecular weight is 277 g/mol. The molecule has 20 heavy (non-hydrogen) atoms. The highest BCUT2D eigenvalue weighted by molar-refractivity contribution is 5.06. The van der Waals surface area contributed by atoms with Gasteiger partial charge in [0.2, 0.25) is 0 Å². The Morgan fingerprint density at radius 3 is 2.60 bits per heavy atom. The van der Waals surface area contributed by atoms with Gasteiger partial charge in [0, 0.05) is 0 Å². The van der Waals surface area contributed by atoms with Crippen LogP contribution in [0.15, 0.2) is 22.8 Å². The molecular weight excluding hydrogens is 246 g/mol. The van der Waals surface area contributed by atoms with Crippen molar-refractivity contribution in [1.82, 2.24) is 5.32 Å². The molecule has 1 aliphatic carbocycles. The topological polar surface area (TPSA) is 25.2 Å². The SMILES string of the molecule is CCCCC1CCC(C(NCCC)c2ccco2)CC1. The summed E-state index contributed by atoms with van der Waals surface area (Å²) >= 11 is 0. The van der Waals surface area contributed by atoms with Crippen LogP contribution in [0.25, 0.3) is 0 Å². The van der Waals surface area contributed by atoms with Gasteiger partial charge in [-0.25, -0.2) is 0 Å². The molecule has 0 bridgehead atoms. The van der Waals surface area contributed by atoms with Gasteiger partial charge in [0.15, 0.2) is 0 Å². The Bertz CT molecular complexity index is 338. The molecule has 0 aliphatic heterocycles. The van der Waals surface area contributed by atoms with Crippen LogP contribution in [0.4, 0.5) is 0 Å². The number of furan rings is 1. The van der Waals surface area contributed by atoms with Crippen LogP contribution in [-0.2, 0) is 0 Å². The van der Waals surface area contributed by atoms with Gasteiger partial charge in [0.05, 0.1) is 12.3 Å². The number of rotatable bonds is 8. The molecule has 2 heteroatoms. The first-order valence-corrected chi connectivity index (χ1v) is 8.61. The number of unbranched alkanes of at least 4 members (excludes halogenated alkanes) is 1. The number of hydrogen-bond acceptors (Lipinski definition) is 2. The maximum Gasteiger partial charge on any atom is 0.120 e. The zero-order valence-electron chi connectivity index (χ0n) is 13.2. The van der Waals surface area contributed by atoms with E-state index in [1.54, 1.807) is 0 Å². The van der Waals surface area contributed by atoms with Crippen LogP contribution in [0.2, 0.25) is 0 Å². The van der Waals surface area contributed by atoms with Crippen LogP contribution in [0, 0.1) is 11.8 Å². The zero-order chi connectivity index (χ0) is 14.2. The van der Waals surface area contributed by atoms with Gasteiger partial charge in [-0.15, -0.1) is 0 Å². The Kier molecular flexibility index (Phi) is 6.65. The van der Waals surface area contributed by atoms with Crippen molar-refractivity contribution in [3.8, 4) is 0 Å². The first-order chi connectivity index (χ1) is 9.85. The lowest BCUT2D eigenvalue weighted by molar-refractivity contribution is 0.198. The van der Waals surface area contributed by atoms with E-state index in [-0.39, 0.29) is 0 Å². The third-order valence-electron chi connectivity index (χ3n) is 4.79. The molecular formula is C18H31NO. The molecule has 1 saturated carbocycles. The average Bonchev–Trinajstić information content (AvgIpc) is 3.01. The van der Waals surface area contributed by atoms with E-state index in [2.05, 4.69) is 25.2 Å². The first kappa shape index (κ1) is 15.6. The van der Waals surface area contributed by atoms with Gasteiger partial charge >= 0.3 is 0 Å². The minimum Gasteiger partial charge on any atom is -0.468 e. The summed E-state index contributed by atoms with van der Waals surface area (Å²) in [5.74, 6) is 2.87. The van der Waals surface area contributed by atoms with Crippen molar-refractivity contribution >= 4 is 0 Å². The molecule has 1 fully saturated rings. The fraction of sp³-hybridized carbons (Fsp3) is 0.778. The second-order valence-electron chi connectivity index (χ2n) is 6.37. The fourth-order valence-electron chi connectivity index (χ4n) is 3.57. The van der Waals surface area contributed by atoms with Crippen molar-refractivity contribution in [1.29, 1.82) is 0 Å². The molecule has 1 N–H and O–H groups in total. The van der Waals surface area contributed by atoms with Crippen LogP contribution in [-0.4, -0.2) is 6.54 Å². The Hall–Kier alpha value is -0.760. The Labute approximate surface area is 124 Å². The highest BCUT2D eigenvalue weighted by Gasteiger charge is 2.29. The lowest BCUT2D eigenvalue weighted by Gasteiger charge is -2.33. The first-order valence-electron chi connectivity index (χ1n) is 8.61. The molecule has 0 spiro atoms. The van der Waals surface area contributed by atoms with Crippen LogP contribution < -0.4 is 5.32 Å². The summed E-state index contributed by atoms with van der Waals surface area (Å²) in [4.78, 5) is 0. The third-order valence-corrected chi connectivity index (χ3v) is 4.79. The molecule has 1 aromatic rings. The van der Waals surface area contributed by atoms with E-state index in [4.69, 9.17) is 4.42 Å². The summed E-state index contributed by atoms with van der Waals surface area (Å²) < 4.78 is 5.68. The van der Waals surface area contributed by atoms with E-state index in [0.29, 0.717) is 6.04 Å². The molecule has 0 radical (unpaired) electrons. The normalized spacial score (nSPS) is 24.7. The predicted octanol–water partition coefficient (Wildman–Crippen LogP) is 5.32. The summed E-state index contributed by atoms with van der Waals surface area (Å²) in [7, 11) is 0. The monoisotopic (exact) mass is 277 g/mol. The summed E-state index contributed by atoms with van der Waals surface area (Å²) in [5, 5.41) is 3.71. The van der Waals surface area contributed by atoms with E-state index in [0.717, 1.165) is 24.1 Å². The maximum absolute atomic E-state index is 5.68. The highest BCUT2D eigenvalue weighted by Crippen LogP contribution is 2.38. The van der Waals surface area contributed by atoms with E-state index in [9.17, 15) is 0 Å². The zero-order valence-corrected chi connectivity index (χ0v) is 13.2. The summed E-state index contributed by atoms with van der Waals surface area (Å²) in [6.45, 7) is 5.61. The van der Waals surface area contributed by atoms with Crippen molar-refractivity contribution in [2.24, 2.45) is 11.8 Å². The fourth-order valence-corrected chi connectivity index (χ4v) is 3.57. The van der Waals surface area contributed by atoms with E-state index in [1.807, 2.05) is 12.3 Å². The van der Waals surface area contributed by atoms with Crippen molar-refractivity contribution in [2.75, 3.05) is 6.54 Å². The Morgan fingerprint density at radius 1 is 1.20 bits per heavy atom. The van der Waals surface area contributed by atoms with Crippen LogP contribution in [0.1, 0.15) is 77.0 Å². The molecule has 1 unspecified atom stereocenters. The molecule has 0 amide bonds. The molecule has 1 heterocycles. The summed E-state index contributed by atoms with van der Waals surface area (Å²) in [5.41, 5.74) is 0. The number of hydrogen-bond donors (Lipinski definition) is 1. The van der Waals surface area contributed by atoms with Gasteiger partial charge in [0.1, 0.15) is 5.76 Å². The molecule has 1 aromatic heterocycles. The van der Waals surface area contributed by atoms with Crippen molar-refractivity contribution < 1.29 is 4.42 Å². The van der Waals surface area contributed by atoms with Crippen LogP contribution in [0.3, 0.4) is 0 Å². The summed E-state index contributed by atoms with van der Waals surface area (Å²) in [6, 6.07) is 4.58. The highest BCUT2D eigenvalue weighted by atomic mass is 16.3. The standard InChI is InChI=1S/C18H31NO/c1-3-5-7-15-9-11-16(12-10-15)18(19-13-4-2)17-8-6-14-20-17/h6,8,14-16,18-19H,3-5,7,9-13H2,1-2H3. The Balaban J connectivity index is 1.87. The molecule has 1 atom stereocenters. The molecule has 0 saturated heterocycles. The van der Waals surface area contributed by atoms with Crippen molar-refractivity contribution in [3.05, 3.63) is 24.2 Å². The Morgan fingerprint density at radius 2 is 2.00 bits per heavy atom. The van der Waals surface area contributed by atoms with Crippen LogP contribution >= 0.6 is 0 Å². The van der Waals surface area contributed by atoms with Crippen molar-refractivity contribution in [3.63, 3.8) is 0 Å². The second-order valence-corrected chi connectivity index (χ2v) is 6.37.